The molecule has 24 heavy (non-hydrogen) atoms. The number of nitrogens with two attached hydrogens (primary N) is 1. The molecule has 8 nitrogen and oxygen atoms in total. The van der Waals surface area contributed by atoms with Crippen LogP contribution >= 0.6 is 0 Å². The van der Waals surface area contributed by atoms with Crippen molar-refractivity contribution in [1.82, 2.24) is 9.97 Å². The number of methoxy groups -OCH3 is 1. The average molecular weight is 335 g/mol. The van der Waals surface area contributed by atoms with Gasteiger partial charge in [-0.25, -0.2) is 9.97 Å². The molecule has 0 bridgehead atoms. The minimum atomic E-state index is -0.135. The predicted molar refractivity (Wildman–Crippen MR) is 90.9 cm³/mol. The van der Waals surface area contributed by atoms with Crippen molar-refractivity contribution in [2.75, 3.05) is 49.3 Å². The zero-order chi connectivity index (χ0) is 16.9. The van der Waals surface area contributed by atoms with Gasteiger partial charge < -0.3 is 25.4 Å². The molecule has 0 aromatic carbocycles. The molecule has 2 fully saturated rings. The Hall–Kier alpha value is -2.09. The number of aromatic nitrogens is 2. The summed E-state index contributed by atoms with van der Waals surface area (Å²) in [6, 6.07) is 0. The van der Waals surface area contributed by atoms with E-state index in [1.807, 2.05) is 0 Å². The molecule has 1 atom stereocenters. The van der Waals surface area contributed by atoms with Gasteiger partial charge in [0.1, 0.15) is 12.0 Å². The second kappa shape index (κ2) is 7.65. The summed E-state index contributed by atoms with van der Waals surface area (Å²) in [6.45, 7) is 2.98. The lowest BCUT2D eigenvalue weighted by Gasteiger charge is -2.32. The molecule has 0 radical (unpaired) electrons. The van der Waals surface area contributed by atoms with E-state index >= 15 is 0 Å². The van der Waals surface area contributed by atoms with E-state index in [4.69, 9.17) is 15.2 Å². The number of nitrogen functional groups attached to an aromatic ring is 1. The minimum absolute atomic E-state index is 0.0357. The summed E-state index contributed by atoms with van der Waals surface area (Å²) in [5, 5.41) is 3.27. The van der Waals surface area contributed by atoms with Crippen molar-refractivity contribution in [1.29, 1.82) is 0 Å². The molecule has 132 valence electrons. The fourth-order valence-electron chi connectivity index (χ4n) is 3.29. The summed E-state index contributed by atoms with van der Waals surface area (Å²) >= 11 is 0. The quantitative estimate of drug-likeness (QED) is 0.770. The smallest absolute Gasteiger partial charge is 0.308 e. The average Bonchev–Trinajstić information content (AvgIpc) is 3.14. The Morgan fingerprint density at radius 3 is 2.88 bits per heavy atom. The van der Waals surface area contributed by atoms with E-state index in [1.54, 1.807) is 0 Å². The lowest BCUT2D eigenvalue weighted by atomic mass is 9.97. The summed E-state index contributed by atoms with van der Waals surface area (Å²) in [7, 11) is 1.43. The first kappa shape index (κ1) is 16.8. The molecular weight excluding hydrogens is 310 g/mol. The van der Waals surface area contributed by atoms with Crippen LogP contribution < -0.4 is 16.0 Å². The molecule has 0 amide bonds. The van der Waals surface area contributed by atoms with Crippen molar-refractivity contribution in [3.63, 3.8) is 0 Å². The van der Waals surface area contributed by atoms with Gasteiger partial charge in [-0.1, -0.05) is 0 Å². The van der Waals surface area contributed by atoms with Crippen LogP contribution in [-0.4, -0.2) is 55.4 Å². The Kier molecular flexibility index (Phi) is 5.34. The van der Waals surface area contributed by atoms with Crippen molar-refractivity contribution in [3.8, 4) is 0 Å². The predicted octanol–water partition coefficient (Wildman–Crippen LogP) is 1.04. The van der Waals surface area contributed by atoms with E-state index in [9.17, 15) is 4.79 Å². The number of rotatable bonds is 5. The number of anilines is 3. The first-order chi connectivity index (χ1) is 11.7. The van der Waals surface area contributed by atoms with Gasteiger partial charge in [0.05, 0.1) is 19.1 Å². The summed E-state index contributed by atoms with van der Waals surface area (Å²) in [5.74, 6) is 1.20. The fourth-order valence-corrected chi connectivity index (χ4v) is 3.29. The van der Waals surface area contributed by atoms with Crippen molar-refractivity contribution in [2.24, 2.45) is 5.92 Å². The first-order valence-electron chi connectivity index (χ1n) is 8.47. The van der Waals surface area contributed by atoms with Crippen molar-refractivity contribution in [3.05, 3.63) is 6.33 Å². The van der Waals surface area contributed by atoms with Crippen LogP contribution in [0.2, 0.25) is 0 Å². The monoisotopic (exact) mass is 335 g/mol. The third-order valence-electron chi connectivity index (χ3n) is 4.71. The Labute approximate surface area is 141 Å². The molecule has 3 N–H and O–H groups in total. The molecule has 1 aromatic heterocycles. The Morgan fingerprint density at radius 2 is 2.21 bits per heavy atom. The molecule has 3 rings (SSSR count). The van der Waals surface area contributed by atoms with Crippen LogP contribution in [-0.2, 0) is 14.3 Å². The van der Waals surface area contributed by atoms with Gasteiger partial charge in [-0.3, -0.25) is 4.79 Å². The van der Waals surface area contributed by atoms with E-state index in [2.05, 4.69) is 20.2 Å². The van der Waals surface area contributed by atoms with E-state index in [0.29, 0.717) is 18.1 Å². The van der Waals surface area contributed by atoms with Gasteiger partial charge in [0.15, 0.2) is 11.6 Å². The molecular formula is C16H25N5O3. The Balaban J connectivity index is 1.61. The fraction of sp³-hybridized carbons (Fsp3) is 0.688. The normalized spacial score (nSPS) is 21.7. The molecule has 2 aliphatic rings. The summed E-state index contributed by atoms with van der Waals surface area (Å²) in [4.78, 5) is 22.3. The van der Waals surface area contributed by atoms with Crippen LogP contribution in [0.5, 0.6) is 0 Å². The largest absolute Gasteiger partial charge is 0.469 e. The molecule has 1 unspecified atom stereocenters. The van der Waals surface area contributed by atoms with Gasteiger partial charge in [0, 0.05) is 26.2 Å². The summed E-state index contributed by atoms with van der Waals surface area (Å²) in [6.07, 6.45) is 5.40. The lowest BCUT2D eigenvalue weighted by Crippen LogP contribution is -2.37. The highest BCUT2D eigenvalue weighted by atomic mass is 16.5. The van der Waals surface area contributed by atoms with Crippen LogP contribution in [0.4, 0.5) is 17.3 Å². The zero-order valence-corrected chi connectivity index (χ0v) is 14.0. The molecule has 2 aliphatic heterocycles. The van der Waals surface area contributed by atoms with E-state index < -0.39 is 0 Å². The van der Waals surface area contributed by atoms with Gasteiger partial charge >= 0.3 is 5.97 Å². The molecule has 2 saturated heterocycles. The number of ether oxygens (including phenoxy) is 2. The van der Waals surface area contributed by atoms with Gasteiger partial charge in [0.2, 0.25) is 0 Å². The zero-order valence-electron chi connectivity index (χ0n) is 14.0. The summed E-state index contributed by atoms with van der Waals surface area (Å²) < 4.78 is 10.4. The maximum atomic E-state index is 11.6. The molecule has 3 heterocycles. The number of piperidine rings is 1. The van der Waals surface area contributed by atoms with Crippen LogP contribution in [0.15, 0.2) is 6.33 Å². The first-order valence-corrected chi connectivity index (χ1v) is 8.47. The number of nitrogens with zero attached hydrogens (tertiary/aromatic N) is 3. The minimum Gasteiger partial charge on any atom is -0.469 e. The Morgan fingerprint density at radius 1 is 1.42 bits per heavy atom. The molecule has 8 heteroatoms. The maximum absolute atomic E-state index is 11.6. The highest BCUT2D eigenvalue weighted by Gasteiger charge is 2.27. The highest BCUT2D eigenvalue weighted by Crippen LogP contribution is 2.30. The number of carbonyl (C=O) groups excluding carboxylic acids is 1. The van der Waals surface area contributed by atoms with E-state index in [-0.39, 0.29) is 18.0 Å². The van der Waals surface area contributed by atoms with Gasteiger partial charge in [-0.15, -0.1) is 0 Å². The van der Waals surface area contributed by atoms with Crippen molar-refractivity contribution < 1.29 is 14.3 Å². The maximum Gasteiger partial charge on any atom is 0.308 e. The second-order valence-electron chi connectivity index (χ2n) is 6.26. The van der Waals surface area contributed by atoms with Crippen LogP contribution in [0.25, 0.3) is 0 Å². The van der Waals surface area contributed by atoms with E-state index in [0.717, 1.165) is 51.2 Å². The Bertz CT molecular complexity index is 569. The van der Waals surface area contributed by atoms with Crippen LogP contribution in [0.1, 0.15) is 25.7 Å². The SMILES string of the molecule is COC(=O)C1CCN(c2ncnc(NCC3CCCO3)c2N)CC1. The van der Waals surface area contributed by atoms with Gasteiger partial charge in [-0.2, -0.15) is 0 Å². The van der Waals surface area contributed by atoms with Crippen LogP contribution in [0, 0.1) is 5.92 Å². The number of esters is 1. The number of nitrogens with one attached hydrogen (secondary N) is 1. The lowest BCUT2D eigenvalue weighted by molar-refractivity contribution is -0.146. The third-order valence-corrected chi connectivity index (χ3v) is 4.71. The standard InChI is InChI=1S/C16H25N5O3/c1-23-16(22)11-4-6-21(7-5-11)15-13(17)14(19-10-20-15)18-9-12-3-2-8-24-12/h10-12H,2-9,17H2,1H3,(H,18,19,20). The molecule has 0 spiro atoms. The topological polar surface area (TPSA) is 103 Å². The molecule has 0 saturated carbocycles. The van der Waals surface area contributed by atoms with Gasteiger partial charge in [-0.05, 0) is 25.7 Å². The van der Waals surface area contributed by atoms with Crippen LogP contribution in [0.3, 0.4) is 0 Å². The summed E-state index contributed by atoms with van der Waals surface area (Å²) in [5.41, 5.74) is 6.81. The third kappa shape index (κ3) is 3.69. The second-order valence-corrected chi connectivity index (χ2v) is 6.26. The molecule has 0 aliphatic carbocycles. The number of carbonyl (C=O) groups is 1. The van der Waals surface area contributed by atoms with E-state index in [1.165, 1.54) is 13.4 Å². The van der Waals surface area contributed by atoms with Crippen molar-refractivity contribution >= 4 is 23.3 Å². The molecule has 1 aromatic rings. The number of hydrogen-bond acceptors (Lipinski definition) is 8. The van der Waals surface area contributed by atoms with Gasteiger partial charge in [0.25, 0.3) is 0 Å². The highest BCUT2D eigenvalue weighted by molar-refractivity contribution is 5.76. The number of hydrogen-bond donors (Lipinski definition) is 2. The van der Waals surface area contributed by atoms with Crippen molar-refractivity contribution in [2.45, 2.75) is 31.8 Å².